The molecule has 1 aliphatic carbocycles. The van der Waals surface area contributed by atoms with E-state index < -0.39 is 5.60 Å². The average Bonchev–Trinajstić information content (AvgIpc) is 2.21. The largest absolute Gasteiger partial charge is 0.456 e. The average molecular weight is 247 g/mol. The number of carbonyl (C=O) groups excluding carboxylic acids is 1. The topological polar surface area (TPSA) is 38.3 Å². The number of hydrogen-bond donors (Lipinski definition) is 1. The molecule has 98 valence electrons. The van der Waals surface area contributed by atoms with Crippen LogP contribution in [0.25, 0.3) is 0 Å². The maximum atomic E-state index is 12.1. The van der Waals surface area contributed by atoms with Crippen molar-refractivity contribution in [2.75, 3.05) is 5.32 Å². The summed E-state index contributed by atoms with van der Waals surface area (Å²) >= 11 is 0. The van der Waals surface area contributed by atoms with E-state index in [9.17, 15) is 4.79 Å². The van der Waals surface area contributed by atoms with E-state index in [1.54, 1.807) is 0 Å². The number of para-hydroxylation sites is 1. The molecule has 0 unspecified atom stereocenters. The lowest BCUT2D eigenvalue weighted by atomic mass is 9.92. The number of esters is 1. The fourth-order valence-electron chi connectivity index (χ4n) is 1.89. The summed E-state index contributed by atoms with van der Waals surface area (Å²) in [5.41, 5.74) is 1.05. The summed E-state index contributed by atoms with van der Waals surface area (Å²) in [7, 11) is 0. The van der Waals surface area contributed by atoms with E-state index in [1.165, 1.54) is 19.3 Å². The lowest BCUT2D eigenvalue weighted by molar-refractivity contribution is 0.00706. The molecule has 3 nitrogen and oxygen atoms in total. The molecule has 1 aliphatic rings. The standard InChI is InChI=1S/C15H21NO2/c1-15(2,3)18-14(17)12-9-4-5-10-13(12)16-11-7-6-8-11/h4-5,9-11,16H,6-8H2,1-3H3. The van der Waals surface area contributed by atoms with E-state index >= 15 is 0 Å². The summed E-state index contributed by atoms with van der Waals surface area (Å²) in [5.74, 6) is -0.259. The quantitative estimate of drug-likeness (QED) is 0.829. The third kappa shape index (κ3) is 3.25. The first-order valence-corrected chi connectivity index (χ1v) is 6.54. The minimum Gasteiger partial charge on any atom is -0.456 e. The van der Waals surface area contributed by atoms with Crippen molar-refractivity contribution >= 4 is 11.7 Å². The summed E-state index contributed by atoms with van der Waals surface area (Å²) in [6, 6.07) is 8.07. The molecular formula is C15H21NO2. The van der Waals surface area contributed by atoms with Crippen LogP contribution in [0.4, 0.5) is 5.69 Å². The monoisotopic (exact) mass is 247 g/mol. The molecule has 3 heteroatoms. The van der Waals surface area contributed by atoms with E-state index in [4.69, 9.17) is 4.74 Å². The molecule has 0 heterocycles. The zero-order valence-corrected chi connectivity index (χ0v) is 11.3. The number of ether oxygens (including phenoxy) is 1. The van der Waals surface area contributed by atoms with Gasteiger partial charge in [-0.3, -0.25) is 0 Å². The molecule has 0 aliphatic heterocycles. The minimum atomic E-state index is -0.458. The summed E-state index contributed by atoms with van der Waals surface area (Å²) in [6.07, 6.45) is 3.64. The highest BCUT2D eigenvalue weighted by molar-refractivity contribution is 5.95. The minimum absolute atomic E-state index is 0.259. The van der Waals surface area contributed by atoms with Gasteiger partial charge in [-0.1, -0.05) is 12.1 Å². The van der Waals surface area contributed by atoms with Gasteiger partial charge >= 0.3 is 5.97 Å². The Morgan fingerprint density at radius 3 is 2.50 bits per heavy atom. The van der Waals surface area contributed by atoms with E-state index in [0.29, 0.717) is 11.6 Å². The Morgan fingerprint density at radius 1 is 1.28 bits per heavy atom. The van der Waals surface area contributed by atoms with E-state index in [-0.39, 0.29) is 5.97 Å². The normalized spacial score (nSPS) is 15.9. The Bertz CT molecular complexity index is 430. The van der Waals surface area contributed by atoms with Crippen LogP contribution in [0.15, 0.2) is 24.3 Å². The third-order valence-electron chi connectivity index (χ3n) is 3.01. The molecule has 0 radical (unpaired) electrons. The highest BCUT2D eigenvalue weighted by Crippen LogP contribution is 2.26. The van der Waals surface area contributed by atoms with Crippen molar-refractivity contribution in [2.45, 2.75) is 51.7 Å². The van der Waals surface area contributed by atoms with Crippen LogP contribution < -0.4 is 5.32 Å². The molecule has 0 spiro atoms. The van der Waals surface area contributed by atoms with Crippen molar-refractivity contribution in [1.29, 1.82) is 0 Å². The van der Waals surface area contributed by atoms with Crippen molar-refractivity contribution in [3.05, 3.63) is 29.8 Å². The van der Waals surface area contributed by atoms with Crippen LogP contribution in [0, 0.1) is 0 Å². The van der Waals surface area contributed by atoms with Crippen LogP contribution in [0.3, 0.4) is 0 Å². The van der Waals surface area contributed by atoms with Crippen molar-refractivity contribution in [1.82, 2.24) is 0 Å². The van der Waals surface area contributed by atoms with Crippen LogP contribution in [0.2, 0.25) is 0 Å². The molecule has 0 bridgehead atoms. The molecule has 1 saturated carbocycles. The van der Waals surface area contributed by atoms with Crippen LogP contribution in [-0.2, 0) is 4.74 Å². The summed E-state index contributed by atoms with van der Waals surface area (Å²) in [4.78, 5) is 12.1. The van der Waals surface area contributed by atoms with E-state index in [1.807, 2.05) is 45.0 Å². The van der Waals surface area contributed by atoms with Gasteiger partial charge in [-0.05, 0) is 52.2 Å². The van der Waals surface area contributed by atoms with Gasteiger partial charge in [0.05, 0.1) is 5.56 Å². The van der Waals surface area contributed by atoms with Gasteiger partial charge in [-0.25, -0.2) is 4.79 Å². The van der Waals surface area contributed by atoms with E-state index in [0.717, 1.165) is 5.69 Å². The predicted octanol–water partition coefficient (Wildman–Crippen LogP) is 3.61. The van der Waals surface area contributed by atoms with Crippen molar-refractivity contribution < 1.29 is 9.53 Å². The summed E-state index contributed by atoms with van der Waals surface area (Å²) < 4.78 is 5.42. The van der Waals surface area contributed by atoms with Crippen LogP contribution in [0.1, 0.15) is 50.4 Å². The number of rotatable bonds is 3. The van der Waals surface area contributed by atoms with Gasteiger partial charge in [0.2, 0.25) is 0 Å². The molecule has 1 N–H and O–H groups in total. The second-order valence-electron chi connectivity index (χ2n) is 5.82. The van der Waals surface area contributed by atoms with Gasteiger partial charge in [-0.2, -0.15) is 0 Å². The lowest BCUT2D eigenvalue weighted by Crippen LogP contribution is -2.29. The Morgan fingerprint density at radius 2 is 1.94 bits per heavy atom. The zero-order chi connectivity index (χ0) is 13.2. The molecule has 0 amide bonds. The molecule has 1 aromatic rings. The molecule has 0 atom stereocenters. The van der Waals surface area contributed by atoms with Gasteiger partial charge in [0.15, 0.2) is 0 Å². The highest BCUT2D eigenvalue weighted by Gasteiger charge is 2.22. The predicted molar refractivity (Wildman–Crippen MR) is 72.9 cm³/mol. The SMILES string of the molecule is CC(C)(C)OC(=O)c1ccccc1NC1CCC1. The fourth-order valence-corrected chi connectivity index (χ4v) is 1.89. The number of anilines is 1. The Labute approximate surface area is 109 Å². The highest BCUT2D eigenvalue weighted by atomic mass is 16.6. The van der Waals surface area contributed by atoms with Gasteiger partial charge in [0, 0.05) is 11.7 Å². The van der Waals surface area contributed by atoms with Crippen LogP contribution in [-0.4, -0.2) is 17.6 Å². The maximum absolute atomic E-state index is 12.1. The Hall–Kier alpha value is -1.51. The molecule has 2 rings (SSSR count). The second-order valence-corrected chi connectivity index (χ2v) is 5.82. The third-order valence-corrected chi connectivity index (χ3v) is 3.01. The molecule has 0 saturated heterocycles. The molecule has 18 heavy (non-hydrogen) atoms. The number of hydrogen-bond acceptors (Lipinski definition) is 3. The lowest BCUT2D eigenvalue weighted by Gasteiger charge is -2.28. The number of carbonyl (C=O) groups is 1. The van der Waals surface area contributed by atoms with Crippen LogP contribution in [0.5, 0.6) is 0 Å². The van der Waals surface area contributed by atoms with Gasteiger partial charge < -0.3 is 10.1 Å². The first kappa shape index (κ1) is 12.9. The van der Waals surface area contributed by atoms with Crippen molar-refractivity contribution in [3.63, 3.8) is 0 Å². The Balaban J connectivity index is 2.13. The smallest absolute Gasteiger partial charge is 0.340 e. The first-order valence-electron chi connectivity index (χ1n) is 6.54. The Kier molecular flexibility index (Phi) is 3.60. The number of benzene rings is 1. The maximum Gasteiger partial charge on any atom is 0.340 e. The molecule has 1 aromatic carbocycles. The van der Waals surface area contributed by atoms with Crippen molar-refractivity contribution in [3.8, 4) is 0 Å². The molecular weight excluding hydrogens is 226 g/mol. The fraction of sp³-hybridized carbons (Fsp3) is 0.533. The summed E-state index contributed by atoms with van der Waals surface area (Å²) in [5, 5.41) is 3.41. The van der Waals surface area contributed by atoms with E-state index in [2.05, 4.69) is 5.32 Å². The van der Waals surface area contributed by atoms with Gasteiger partial charge in [-0.15, -0.1) is 0 Å². The summed E-state index contributed by atoms with van der Waals surface area (Å²) in [6.45, 7) is 5.65. The second kappa shape index (κ2) is 5.01. The van der Waals surface area contributed by atoms with Gasteiger partial charge in [0.25, 0.3) is 0 Å². The molecule has 1 fully saturated rings. The van der Waals surface area contributed by atoms with Crippen LogP contribution >= 0.6 is 0 Å². The first-order chi connectivity index (χ1) is 8.46. The zero-order valence-electron chi connectivity index (χ0n) is 11.3. The van der Waals surface area contributed by atoms with Crippen molar-refractivity contribution in [2.24, 2.45) is 0 Å². The van der Waals surface area contributed by atoms with Gasteiger partial charge in [0.1, 0.15) is 5.60 Å². The molecule has 0 aromatic heterocycles. The number of nitrogens with one attached hydrogen (secondary N) is 1.